The second-order valence-corrected chi connectivity index (χ2v) is 5.08. The lowest BCUT2D eigenvalue weighted by molar-refractivity contribution is -0.123. The average molecular weight is 336 g/mol. The molecule has 0 spiro atoms. The molecule has 0 radical (unpaired) electrons. The Balaban J connectivity index is 1.82. The first-order valence-corrected chi connectivity index (χ1v) is 7.41. The van der Waals surface area contributed by atoms with Gasteiger partial charge in [0.15, 0.2) is 6.61 Å². The highest BCUT2D eigenvalue weighted by molar-refractivity contribution is 5.76. The zero-order chi connectivity index (χ0) is 17.4. The number of aliphatic hydroxyl groups is 1. The number of aliphatic hydroxyl groups excluding tert-OH is 1. The number of hydrogen-bond donors (Lipinski definition) is 2. The lowest BCUT2D eigenvalue weighted by atomic mass is 10.1. The third-order valence-corrected chi connectivity index (χ3v) is 3.17. The minimum atomic E-state index is -2.57. The van der Waals surface area contributed by atoms with E-state index in [4.69, 9.17) is 4.74 Å². The quantitative estimate of drug-likeness (QED) is 0.777. The van der Waals surface area contributed by atoms with Crippen molar-refractivity contribution in [3.8, 4) is 5.88 Å². The van der Waals surface area contributed by atoms with Crippen LogP contribution in [0.25, 0.3) is 0 Å². The van der Waals surface area contributed by atoms with Crippen LogP contribution in [-0.4, -0.2) is 29.0 Å². The third-order valence-electron chi connectivity index (χ3n) is 3.17. The smallest absolute Gasteiger partial charge is 0.272 e. The van der Waals surface area contributed by atoms with Gasteiger partial charge < -0.3 is 15.2 Å². The standard InChI is InChI=1S/C17H18F2N2O3/c18-15(19)11-24-17-8-4-7-13(21-17)10-20-16(23)9-14(22)12-5-2-1-3-6-12/h1-8,14-15,22H,9-11H2,(H,20,23). The lowest BCUT2D eigenvalue weighted by Gasteiger charge is -2.11. The summed E-state index contributed by atoms with van der Waals surface area (Å²) in [7, 11) is 0. The molecule has 1 heterocycles. The number of rotatable bonds is 8. The normalized spacial score (nSPS) is 12.0. The van der Waals surface area contributed by atoms with Gasteiger partial charge in [0, 0.05) is 6.07 Å². The number of aromatic nitrogens is 1. The summed E-state index contributed by atoms with van der Waals surface area (Å²) in [6.45, 7) is -0.613. The van der Waals surface area contributed by atoms with Gasteiger partial charge in [0.25, 0.3) is 6.43 Å². The number of halogens is 2. The molecule has 0 aliphatic rings. The Morgan fingerprint density at radius 3 is 2.62 bits per heavy atom. The van der Waals surface area contributed by atoms with E-state index in [0.717, 1.165) is 0 Å². The summed E-state index contributed by atoms with van der Waals surface area (Å²) in [5.74, 6) is -0.265. The van der Waals surface area contributed by atoms with E-state index < -0.39 is 19.1 Å². The van der Waals surface area contributed by atoms with Gasteiger partial charge >= 0.3 is 0 Å². The van der Waals surface area contributed by atoms with Gasteiger partial charge in [0.05, 0.1) is 24.8 Å². The molecule has 1 amide bonds. The summed E-state index contributed by atoms with van der Waals surface area (Å²) in [6, 6.07) is 13.6. The van der Waals surface area contributed by atoms with Crippen molar-refractivity contribution in [2.75, 3.05) is 6.61 Å². The van der Waals surface area contributed by atoms with E-state index in [-0.39, 0.29) is 24.8 Å². The van der Waals surface area contributed by atoms with Crippen molar-refractivity contribution < 1.29 is 23.4 Å². The van der Waals surface area contributed by atoms with Gasteiger partial charge in [-0.25, -0.2) is 13.8 Å². The Labute approximate surface area is 138 Å². The maximum absolute atomic E-state index is 12.1. The van der Waals surface area contributed by atoms with Gasteiger partial charge in [-0.15, -0.1) is 0 Å². The number of pyridine rings is 1. The molecule has 0 fully saturated rings. The van der Waals surface area contributed by atoms with Crippen molar-refractivity contribution >= 4 is 5.91 Å². The maximum Gasteiger partial charge on any atom is 0.272 e. The second-order valence-electron chi connectivity index (χ2n) is 5.08. The van der Waals surface area contributed by atoms with Crippen molar-refractivity contribution in [2.24, 2.45) is 0 Å². The van der Waals surface area contributed by atoms with Crippen molar-refractivity contribution in [2.45, 2.75) is 25.5 Å². The molecule has 1 unspecified atom stereocenters. The number of carbonyl (C=O) groups is 1. The molecule has 2 aromatic rings. The highest BCUT2D eigenvalue weighted by atomic mass is 19.3. The molecule has 1 aromatic heterocycles. The van der Waals surface area contributed by atoms with Crippen LogP contribution in [0.5, 0.6) is 5.88 Å². The second kappa shape index (κ2) is 8.93. The Bertz CT molecular complexity index is 653. The number of amides is 1. The number of alkyl halides is 2. The Morgan fingerprint density at radius 2 is 1.92 bits per heavy atom. The van der Waals surface area contributed by atoms with E-state index in [1.807, 2.05) is 6.07 Å². The van der Waals surface area contributed by atoms with E-state index in [1.165, 1.54) is 6.07 Å². The van der Waals surface area contributed by atoms with E-state index in [9.17, 15) is 18.7 Å². The maximum atomic E-state index is 12.1. The highest BCUT2D eigenvalue weighted by Crippen LogP contribution is 2.15. The molecule has 0 bridgehead atoms. The number of carbonyl (C=O) groups excluding carboxylic acids is 1. The minimum absolute atomic E-state index is 0.0753. The first-order chi connectivity index (χ1) is 11.5. The van der Waals surface area contributed by atoms with Crippen LogP contribution in [0.15, 0.2) is 48.5 Å². The number of nitrogens with one attached hydrogen (secondary N) is 1. The SMILES string of the molecule is O=C(CC(O)c1ccccc1)NCc1cccc(OCC(F)F)n1. The van der Waals surface area contributed by atoms with Gasteiger partial charge in [0.1, 0.15) is 0 Å². The molecule has 1 aromatic carbocycles. The van der Waals surface area contributed by atoms with Crippen LogP contribution >= 0.6 is 0 Å². The molecular formula is C17H18F2N2O3. The van der Waals surface area contributed by atoms with Gasteiger partial charge in [-0.05, 0) is 11.6 Å². The topological polar surface area (TPSA) is 71.5 Å². The molecule has 5 nitrogen and oxygen atoms in total. The van der Waals surface area contributed by atoms with E-state index in [0.29, 0.717) is 11.3 Å². The molecule has 24 heavy (non-hydrogen) atoms. The predicted molar refractivity (Wildman–Crippen MR) is 83.6 cm³/mol. The predicted octanol–water partition coefficient (Wildman–Crippen LogP) is 2.47. The van der Waals surface area contributed by atoms with Crippen LogP contribution < -0.4 is 10.1 Å². The van der Waals surface area contributed by atoms with Gasteiger partial charge in [-0.3, -0.25) is 4.79 Å². The number of benzene rings is 1. The van der Waals surface area contributed by atoms with Crippen LogP contribution in [0.2, 0.25) is 0 Å². The van der Waals surface area contributed by atoms with Gasteiger partial charge in [-0.1, -0.05) is 36.4 Å². The Kier molecular flexibility index (Phi) is 6.62. The summed E-state index contributed by atoms with van der Waals surface area (Å²) < 4.78 is 29.0. The van der Waals surface area contributed by atoms with Crippen molar-refractivity contribution in [3.63, 3.8) is 0 Å². The van der Waals surface area contributed by atoms with Gasteiger partial charge in [-0.2, -0.15) is 0 Å². The average Bonchev–Trinajstić information content (AvgIpc) is 2.59. The van der Waals surface area contributed by atoms with Crippen molar-refractivity contribution in [3.05, 3.63) is 59.8 Å². The molecule has 2 N–H and O–H groups in total. The van der Waals surface area contributed by atoms with Crippen molar-refractivity contribution in [1.82, 2.24) is 10.3 Å². The zero-order valence-electron chi connectivity index (χ0n) is 12.9. The molecule has 1 atom stereocenters. The van der Waals surface area contributed by atoms with E-state index >= 15 is 0 Å². The third kappa shape index (κ3) is 5.92. The van der Waals surface area contributed by atoms with Crippen LogP contribution in [0.4, 0.5) is 8.78 Å². The molecule has 0 saturated carbocycles. The number of nitrogens with zero attached hydrogens (tertiary/aromatic N) is 1. The van der Waals surface area contributed by atoms with Crippen LogP contribution in [0, 0.1) is 0 Å². The van der Waals surface area contributed by atoms with Gasteiger partial charge in [0.2, 0.25) is 11.8 Å². The first kappa shape index (κ1) is 17.8. The first-order valence-electron chi connectivity index (χ1n) is 7.41. The van der Waals surface area contributed by atoms with Crippen molar-refractivity contribution in [1.29, 1.82) is 0 Å². The fourth-order valence-corrected chi connectivity index (χ4v) is 2.01. The lowest BCUT2D eigenvalue weighted by Crippen LogP contribution is -2.25. The summed E-state index contributed by atoms with van der Waals surface area (Å²) in [5, 5.41) is 12.6. The largest absolute Gasteiger partial charge is 0.472 e. The molecule has 0 saturated heterocycles. The number of hydrogen-bond acceptors (Lipinski definition) is 4. The molecule has 2 rings (SSSR count). The summed E-state index contributed by atoms with van der Waals surface area (Å²) >= 11 is 0. The minimum Gasteiger partial charge on any atom is -0.472 e. The Hall–Kier alpha value is -2.54. The number of ether oxygens (including phenoxy) is 1. The molecule has 0 aliphatic heterocycles. The van der Waals surface area contributed by atoms with Crippen LogP contribution in [-0.2, 0) is 11.3 Å². The van der Waals surface area contributed by atoms with E-state index in [2.05, 4.69) is 10.3 Å². The molecule has 0 aliphatic carbocycles. The highest BCUT2D eigenvalue weighted by Gasteiger charge is 2.13. The van der Waals surface area contributed by atoms with Crippen LogP contribution in [0.1, 0.15) is 23.8 Å². The summed E-state index contributed by atoms with van der Waals surface area (Å²) in [5.41, 5.74) is 1.14. The molecule has 7 heteroatoms. The fourth-order valence-electron chi connectivity index (χ4n) is 2.01. The Morgan fingerprint density at radius 1 is 1.17 bits per heavy atom. The van der Waals surface area contributed by atoms with Crippen LogP contribution in [0.3, 0.4) is 0 Å². The summed E-state index contributed by atoms with van der Waals surface area (Å²) in [4.78, 5) is 15.9. The molecule has 128 valence electrons. The zero-order valence-corrected chi connectivity index (χ0v) is 12.9. The monoisotopic (exact) mass is 336 g/mol. The molecular weight excluding hydrogens is 318 g/mol. The fraction of sp³-hybridized carbons (Fsp3) is 0.294. The van der Waals surface area contributed by atoms with E-state index in [1.54, 1.807) is 36.4 Å². The summed E-state index contributed by atoms with van der Waals surface area (Å²) in [6.07, 6.45) is -3.54.